The van der Waals surface area contributed by atoms with Crippen LogP contribution in [0.4, 0.5) is 13.2 Å². The molecule has 1 aliphatic heterocycles. The molecule has 0 aliphatic carbocycles. The van der Waals surface area contributed by atoms with Crippen LogP contribution in [0.5, 0.6) is 0 Å². The van der Waals surface area contributed by atoms with Crippen LogP contribution in [0.15, 0.2) is 4.99 Å². The molecule has 1 rings (SSSR count). The van der Waals surface area contributed by atoms with Gasteiger partial charge in [0.2, 0.25) is 0 Å². The van der Waals surface area contributed by atoms with E-state index in [1.165, 1.54) is 6.34 Å². The van der Waals surface area contributed by atoms with Gasteiger partial charge in [0.15, 0.2) is 6.61 Å². The van der Waals surface area contributed by atoms with Crippen LogP contribution in [-0.2, 0) is 14.3 Å². The van der Waals surface area contributed by atoms with E-state index in [1.807, 2.05) is 0 Å². The number of amides is 1. The van der Waals surface area contributed by atoms with Crippen LogP contribution >= 0.6 is 0 Å². The zero-order valence-electron chi connectivity index (χ0n) is 8.45. The minimum absolute atomic E-state index is 0.252. The van der Waals surface area contributed by atoms with Crippen LogP contribution in [0, 0.1) is 11.8 Å². The Balaban J connectivity index is 2.36. The number of ether oxygens (including phenoxy) is 1. The third kappa shape index (κ3) is 4.55. The second-order valence-electron chi connectivity index (χ2n) is 2.90. The first-order valence-corrected chi connectivity index (χ1v) is 4.44. The van der Waals surface area contributed by atoms with E-state index in [-0.39, 0.29) is 6.54 Å². The van der Waals surface area contributed by atoms with Crippen molar-refractivity contribution in [1.29, 1.82) is 0 Å². The third-order valence-corrected chi connectivity index (χ3v) is 1.63. The smallest absolute Gasteiger partial charge is 0.445 e. The summed E-state index contributed by atoms with van der Waals surface area (Å²) in [5.41, 5.74) is 0. The lowest BCUT2D eigenvalue weighted by Gasteiger charge is -2.09. The second kappa shape index (κ2) is 5.34. The average molecular weight is 248 g/mol. The number of carbonyl (C=O) groups is 2. The summed E-state index contributed by atoms with van der Waals surface area (Å²) in [4.78, 5) is 27.0. The Morgan fingerprint density at radius 2 is 2.18 bits per heavy atom. The molecule has 1 aliphatic rings. The summed E-state index contributed by atoms with van der Waals surface area (Å²) in [7, 11) is 0. The molecule has 0 unspecified atom stereocenters. The molecular formula is C9H7F3N2O3. The Morgan fingerprint density at radius 3 is 2.71 bits per heavy atom. The van der Waals surface area contributed by atoms with Gasteiger partial charge in [0.25, 0.3) is 0 Å². The van der Waals surface area contributed by atoms with Gasteiger partial charge < -0.3 is 4.74 Å². The molecule has 0 aromatic heterocycles. The second-order valence-corrected chi connectivity index (χ2v) is 2.90. The van der Waals surface area contributed by atoms with Gasteiger partial charge in [-0.05, 0) is 0 Å². The Kier molecular flexibility index (Phi) is 4.09. The first-order chi connectivity index (χ1) is 7.90. The lowest BCUT2D eigenvalue weighted by molar-refractivity contribution is -0.156. The molecule has 92 valence electrons. The van der Waals surface area contributed by atoms with Crippen molar-refractivity contribution in [3.05, 3.63) is 0 Å². The number of esters is 1. The van der Waals surface area contributed by atoms with Crippen molar-refractivity contribution >= 4 is 18.2 Å². The van der Waals surface area contributed by atoms with E-state index >= 15 is 0 Å². The molecule has 0 aromatic carbocycles. The Morgan fingerprint density at radius 1 is 1.47 bits per heavy atom. The number of carbonyl (C=O) groups excluding carboxylic acids is 2. The number of alkyl halides is 3. The molecule has 0 radical (unpaired) electrons. The predicted molar refractivity (Wildman–Crippen MR) is 49.9 cm³/mol. The Bertz CT molecular complexity index is 406. The highest BCUT2D eigenvalue weighted by molar-refractivity contribution is 6.34. The molecule has 0 saturated carbocycles. The first-order valence-electron chi connectivity index (χ1n) is 4.44. The third-order valence-electron chi connectivity index (χ3n) is 1.63. The number of hydrogen-bond acceptors (Lipinski definition) is 4. The molecule has 0 atom stereocenters. The van der Waals surface area contributed by atoms with Crippen molar-refractivity contribution in [2.75, 3.05) is 19.7 Å². The van der Waals surface area contributed by atoms with Crippen LogP contribution in [-0.4, -0.2) is 49.0 Å². The molecule has 5 nitrogen and oxygen atoms in total. The largest absolute Gasteiger partial charge is 0.457 e. The summed E-state index contributed by atoms with van der Waals surface area (Å²) in [6.07, 6.45) is -3.47. The molecule has 1 amide bonds. The van der Waals surface area contributed by atoms with Gasteiger partial charge in [0, 0.05) is 12.5 Å². The average Bonchev–Trinajstić information content (AvgIpc) is 2.74. The van der Waals surface area contributed by atoms with Crippen LogP contribution in [0.1, 0.15) is 0 Å². The van der Waals surface area contributed by atoms with Gasteiger partial charge in [-0.15, -0.1) is 0 Å². The molecule has 0 spiro atoms. The minimum Gasteiger partial charge on any atom is -0.445 e. The van der Waals surface area contributed by atoms with E-state index in [1.54, 1.807) is 5.92 Å². The van der Waals surface area contributed by atoms with E-state index < -0.39 is 24.7 Å². The van der Waals surface area contributed by atoms with Gasteiger partial charge in [-0.3, -0.25) is 14.7 Å². The van der Waals surface area contributed by atoms with Gasteiger partial charge in [-0.1, -0.05) is 5.92 Å². The maximum absolute atomic E-state index is 11.6. The summed E-state index contributed by atoms with van der Waals surface area (Å²) < 4.78 is 39.0. The normalized spacial score (nSPS) is 14.2. The van der Waals surface area contributed by atoms with E-state index in [0.29, 0.717) is 6.54 Å². The fraction of sp³-hybridized carbons (Fsp3) is 0.444. The molecule has 17 heavy (non-hydrogen) atoms. The summed E-state index contributed by atoms with van der Waals surface area (Å²) >= 11 is 0. The summed E-state index contributed by atoms with van der Waals surface area (Å²) in [6, 6.07) is 0. The molecule has 8 heteroatoms. The lowest BCUT2D eigenvalue weighted by Crippen LogP contribution is -2.35. The van der Waals surface area contributed by atoms with E-state index in [0.717, 1.165) is 10.8 Å². The highest BCUT2D eigenvalue weighted by Gasteiger charge is 2.24. The van der Waals surface area contributed by atoms with Gasteiger partial charge in [-0.25, -0.2) is 4.79 Å². The lowest BCUT2D eigenvalue weighted by atomic mass is 10.5. The molecule has 0 saturated heterocycles. The number of aliphatic imine (C=N–C) groups is 1. The van der Waals surface area contributed by atoms with Gasteiger partial charge in [-0.2, -0.15) is 13.2 Å². The van der Waals surface area contributed by atoms with Gasteiger partial charge >= 0.3 is 18.1 Å². The first kappa shape index (κ1) is 13.0. The zero-order valence-corrected chi connectivity index (χ0v) is 8.45. The molecule has 0 aromatic rings. The quantitative estimate of drug-likeness (QED) is 0.372. The van der Waals surface area contributed by atoms with Gasteiger partial charge in [0.05, 0.1) is 12.9 Å². The molecule has 0 N–H and O–H groups in total. The monoisotopic (exact) mass is 248 g/mol. The Hall–Kier alpha value is -2.04. The standard InChI is InChI=1S/C9H7F3N2O3/c10-9(11,12)2-1-5-17-8(16)7(15)14-4-3-13-6-14/h6H,3-5H2. The molecule has 0 fully saturated rings. The van der Waals surface area contributed by atoms with E-state index in [9.17, 15) is 22.8 Å². The van der Waals surface area contributed by atoms with Crippen LogP contribution in [0.2, 0.25) is 0 Å². The van der Waals surface area contributed by atoms with Crippen molar-refractivity contribution in [2.45, 2.75) is 6.18 Å². The van der Waals surface area contributed by atoms with Gasteiger partial charge in [0.1, 0.15) is 0 Å². The zero-order chi connectivity index (χ0) is 12.9. The minimum atomic E-state index is -4.64. The highest BCUT2D eigenvalue weighted by atomic mass is 19.4. The van der Waals surface area contributed by atoms with Crippen LogP contribution in [0.25, 0.3) is 0 Å². The number of rotatable bonds is 1. The van der Waals surface area contributed by atoms with E-state index in [2.05, 4.69) is 9.73 Å². The fourth-order valence-corrected chi connectivity index (χ4v) is 0.950. The SMILES string of the molecule is O=C(OCC#CC(F)(F)F)C(=O)N1C=NCC1. The van der Waals surface area contributed by atoms with Crippen molar-refractivity contribution in [1.82, 2.24) is 4.90 Å². The summed E-state index contributed by atoms with van der Waals surface area (Å²) in [6.45, 7) is -0.149. The maximum atomic E-state index is 11.6. The van der Waals surface area contributed by atoms with Crippen molar-refractivity contribution in [3.63, 3.8) is 0 Å². The molecule has 0 bridgehead atoms. The summed E-state index contributed by atoms with van der Waals surface area (Å²) in [5.74, 6) is 0.260. The Labute approximate surface area is 94.2 Å². The van der Waals surface area contributed by atoms with E-state index in [4.69, 9.17) is 0 Å². The summed E-state index contributed by atoms with van der Waals surface area (Å²) in [5, 5.41) is 0. The van der Waals surface area contributed by atoms with Crippen molar-refractivity contribution in [3.8, 4) is 11.8 Å². The van der Waals surface area contributed by atoms with Crippen molar-refractivity contribution < 1.29 is 27.5 Å². The number of nitrogens with zero attached hydrogens (tertiary/aromatic N) is 2. The van der Waals surface area contributed by atoms with Crippen LogP contribution < -0.4 is 0 Å². The number of hydrogen-bond donors (Lipinski definition) is 0. The number of halogens is 3. The van der Waals surface area contributed by atoms with Crippen LogP contribution in [0.3, 0.4) is 0 Å². The predicted octanol–water partition coefficient (Wildman–Crippen LogP) is -0.0342. The highest BCUT2D eigenvalue weighted by Crippen LogP contribution is 2.11. The maximum Gasteiger partial charge on any atom is 0.457 e. The van der Waals surface area contributed by atoms with Crippen molar-refractivity contribution in [2.24, 2.45) is 4.99 Å². The molecular weight excluding hydrogens is 241 g/mol. The fourth-order valence-electron chi connectivity index (χ4n) is 0.950. The molecule has 1 heterocycles. The topological polar surface area (TPSA) is 59.0 Å².